The second-order valence-corrected chi connectivity index (χ2v) is 9.64. The van der Waals surface area contributed by atoms with E-state index in [9.17, 15) is 9.90 Å². The fourth-order valence-corrected chi connectivity index (χ4v) is 5.77. The van der Waals surface area contributed by atoms with E-state index < -0.39 is 6.10 Å². The lowest BCUT2D eigenvalue weighted by Gasteiger charge is -2.24. The molecule has 2 aromatic heterocycles. The number of aliphatic hydroxyl groups excluding tert-OH is 1. The molecule has 166 valence electrons. The van der Waals surface area contributed by atoms with Crippen LogP contribution >= 0.6 is 11.3 Å². The van der Waals surface area contributed by atoms with E-state index in [0.29, 0.717) is 31.4 Å². The second kappa shape index (κ2) is 10.0. The Balaban J connectivity index is 1.56. The van der Waals surface area contributed by atoms with Gasteiger partial charge < -0.3 is 14.8 Å². The van der Waals surface area contributed by atoms with Crippen LogP contribution < -0.4 is 5.56 Å². The number of hydrogen-bond acceptors (Lipinski definition) is 6. The van der Waals surface area contributed by atoms with Gasteiger partial charge in [-0.05, 0) is 42.7 Å². The minimum absolute atomic E-state index is 0.0347. The lowest BCUT2D eigenvalue weighted by atomic mass is 9.89. The first-order valence-corrected chi connectivity index (χ1v) is 11.8. The Labute approximate surface area is 186 Å². The van der Waals surface area contributed by atoms with E-state index in [1.807, 2.05) is 30.3 Å². The van der Waals surface area contributed by atoms with Crippen molar-refractivity contribution in [3.8, 4) is 0 Å². The molecule has 2 atom stereocenters. The number of fused-ring (bicyclic) bond motifs is 3. The van der Waals surface area contributed by atoms with Crippen LogP contribution in [0, 0.1) is 5.92 Å². The first kappa shape index (κ1) is 22.1. The first-order chi connectivity index (χ1) is 15.0. The van der Waals surface area contributed by atoms with Crippen molar-refractivity contribution in [3.05, 3.63) is 62.5 Å². The fourth-order valence-electron chi connectivity index (χ4n) is 4.37. The molecule has 0 aliphatic heterocycles. The van der Waals surface area contributed by atoms with Crippen LogP contribution in [0.15, 0.2) is 35.1 Å². The molecule has 4 rings (SSSR count). The summed E-state index contributed by atoms with van der Waals surface area (Å²) in [6.45, 7) is 4.62. The number of ether oxygens (including phenoxy) is 1. The minimum Gasteiger partial charge on any atom is -0.387 e. The molecule has 2 unspecified atom stereocenters. The van der Waals surface area contributed by atoms with Crippen LogP contribution in [-0.4, -0.2) is 46.8 Å². The van der Waals surface area contributed by atoms with Gasteiger partial charge in [-0.3, -0.25) is 9.69 Å². The molecule has 0 fully saturated rings. The number of thiophene rings is 1. The van der Waals surface area contributed by atoms with Crippen LogP contribution in [0.5, 0.6) is 0 Å². The average Bonchev–Trinajstić information content (AvgIpc) is 3.12. The summed E-state index contributed by atoms with van der Waals surface area (Å²) < 4.78 is 5.20. The Bertz CT molecular complexity index is 1060. The van der Waals surface area contributed by atoms with Gasteiger partial charge in [0.1, 0.15) is 10.7 Å². The van der Waals surface area contributed by atoms with E-state index >= 15 is 0 Å². The maximum atomic E-state index is 12.9. The summed E-state index contributed by atoms with van der Waals surface area (Å²) in [6, 6.07) is 9.67. The summed E-state index contributed by atoms with van der Waals surface area (Å²) in [7, 11) is 1.69. The Morgan fingerprint density at radius 3 is 2.94 bits per heavy atom. The highest BCUT2D eigenvalue weighted by Gasteiger charge is 2.23. The Kier molecular flexibility index (Phi) is 7.17. The predicted octanol–water partition coefficient (Wildman–Crippen LogP) is 3.68. The number of benzene rings is 1. The van der Waals surface area contributed by atoms with E-state index in [1.54, 1.807) is 18.4 Å². The third-order valence-electron chi connectivity index (χ3n) is 6.03. The van der Waals surface area contributed by atoms with Crippen molar-refractivity contribution in [1.29, 1.82) is 0 Å². The van der Waals surface area contributed by atoms with Gasteiger partial charge in [0, 0.05) is 31.7 Å². The van der Waals surface area contributed by atoms with Crippen LogP contribution in [0.2, 0.25) is 0 Å². The van der Waals surface area contributed by atoms with Gasteiger partial charge in [-0.15, -0.1) is 11.3 Å². The molecule has 0 radical (unpaired) electrons. The Morgan fingerprint density at radius 2 is 2.16 bits per heavy atom. The molecule has 0 bridgehead atoms. The molecular weight excluding hydrogens is 410 g/mol. The van der Waals surface area contributed by atoms with E-state index in [4.69, 9.17) is 9.72 Å². The average molecular weight is 442 g/mol. The van der Waals surface area contributed by atoms with Gasteiger partial charge in [0.15, 0.2) is 0 Å². The number of aryl methyl sites for hydroxylation is 1. The van der Waals surface area contributed by atoms with Gasteiger partial charge >= 0.3 is 0 Å². The molecule has 0 saturated heterocycles. The molecule has 2 N–H and O–H groups in total. The molecule has 1 aliphatic carbocycles. The number of H-pyrrole nitrogens is 1. The predicted molar refractivity (Wildman–Crippen MR) is 125 cm³/mol. The quantitative estimate of drug-likeness (QED) is 0.495. The van der Waals surface area contributed by atoms with Crippen molar-refractivity contribution in [2.75, 3.05) is 26.8 Å². The Morgan fingerprint density at radius 1 is 1.35 bits per heavy atom. The van der Waals surface area contributed by atoms with Crippen LogP contribution in [0.3, 0.4) is 0 Å². The molecule has 7 heteroatoms. The molecule has 0 saturated carbocycles. The van der Waals surface area contributed by atoms with Crippen molar-refractivity contribution in [3.63, 3.8) is 0 Å². The number of aromatic nitrogens is 2. The highest BCUT2D eigenvalue weighted by molar-refractivity contribution is 7.18. The maximum Gasteiger partial charge on any atom is 0.259 e. The third kappa shape index (κ3) is 5.23. The smallest absolute Gasteiger partial charge is 0.259 e. The second-order valence-electron chi connectivity index (χ2n) is 8.55. The zero-order chi connectivity index (χ0) is 21.8. The van der Waals surface area contributed by atoms with Crippen LogP contribution in [0.25, 0.3) is 10.2 Å². The molecule has 3 aromatic rings. The molecular formula is C24H31N3O3S. The largest absolute Gasteiger partial charge is 0.387 e. The molecule has 0 amide bonds. The fraction of sp³-hybridized carbons (Fsp3) is 0.500. The topological polar surface area (TPSA) is 78.5 Å². The lowest BCUT2D eigenvalue weighted by Crippen LogP contribution is -2.31. The van der Waals surface area contributed by atoms with E-state index in [1.165, 1.54) is 10.4 Å². The first-order valence-electron chi connectivity index (χ1n) is 11.0. The zero-order valence-electron chi connectivity index (χ0n) is 18.3. The molecule has 1 aliphatic rings. The van der Waals surface area contributed by atoms with Gasteiger partial charge in [-0.25, -0.2) is 4.98 Å². The van der Waals surface area contributed by atoms with Crippen molar-refractivity contribution >= 4 is 21.6 Å². The van der Waals surface area contributed by atoms with E-state index in [2.05, 4.69) is 16.8 Å². The van der Waals surface area contributed by atoms with Crippen molar-refractivity contribution in [2.45, 2.75) is 45.3 Å². The van der Waals surface area contributed by atoms with Gasteiger partial charge in [-0.2, -0.15) is 0 Å². The Hall–Kier alpha value is -2.06. The minimum atomic E-state index is -0.602. The third-order valence-corrected chi connectivity index (χ3v) is 7.17. The van der Waals surface area contributed by atoms with Crippen LogP contribution in [-0.2, 0) is 24.1 Å². The highest BCUT2D eigenvalue weighted by atomic mass is 32.1. The lowest BCUT2D eigenvalue weighted by molar-refractivity contribution is 0.0981. The summed E-state index contributed by atoms with van der Waals surface area (Å²) in [4.78, 5) is 25.1. The maximum absolute atomic E-state index is 12.9. The number of nitrogens with zero attached hydrogens (tertiary/aromatic N) is 2. The number of nitrogens with one attached hydrogen (secondary N) is 1. The highest BCUT2D eigenvalue weighted by Crippen LogP contribution is 2.35. The molecule has 6 nitrogen and oxygen atoms in total. The molecule has 1 aromatic carbocycles. The summed E-state index contributed by atoms with van der Waals surface area (Å²) in [6.07, 6.45) is 3.37. The summed E-state index contributed by atoms with van der Waals surface area (Å²) in [5.41, 5.74) is 2.05. The summed E-state index contributed by atoms with van der Waals surface area (Å²) in [5, 5.41) is 11.5. The van der Waals surface area contributed by atoms with Gasteiger partial charge in [-0.1, -0.05) is 37.3 Å². The SMILES string of the molecule is COCCCN(Cc1nc2sc3c(c2c(=O)[nH]1)CCC(C)C3)CC(O)c1ccccc1. The van der Waals surface area contributed by atoms with Crippen molar-refractivity contribution in [1.82, 2.24) is 14.9 Å². The number of methoxy groups -OCH3 is 1. The van der Waals surface area contributed by atoms with Crippen molar-refractivity contribution in [2.24, 2.45) is 5.92 Å². The van der Waals surface area contributed by atoms with Gasteiger partial charge in [0.2, 0.25) is 0 Å². The molecule has 0 spiro atoms. The number of aliphatic hydroxyl groups is 1. The standard InChI is InChI=1S/C24H31N3O3S/c1-16-9-10-18-20(13-16)31-24-22(18)23(29)25-21(26-24)15-27(11-6-12-30-2)14-19(28)17-7-4-3-5-8-17/h3-5,7-8,16,19,28H,6,9-15H2,1-2H3,(H,25,26,29). The summed E-state index contributed by atoms with van der Waals surface area (Å²) in [5.74, 6) is 1.32. The van der Waals surface area contributed by atoms with E-state index in [0.717, 1.165) is 48.0 Å². The van der Waals surface area contributed by atoms with Crippen molar-refractivity contribution < 1.29 is 9.84 Å². The van der Waals surface area contributed by atoms with Crippen LogP contribution in [0.1, 0.15) is 47.7 Å². The van der Waals surface area contributed by atoms with E-state index in [-0.39, 0.29) is 5.56 Å². The molecule has 2 heterocycles. The van der Waals surface area contributed by atoms with Gasteiger partial charge in [0.05, 0.1) is 18.0 Å². The number of rotatable bonds is 9. The van der Waals surface area contributed by atoms with Gasteiger partial charge in [0.25, 0.3) is 5.56 Å². The zero-order valence-corrected chi connectivity index (χ0v) is 19.1. The summed E-state index contributed by atoms with van der Waals surface area (Å²) >= 11 is 1.67. The normalized spacial score (nSPS) is 17.2. The molecule has 31 heavy (non-hydrogen) atoms. The number of hydrogen-bond donors (Lipinski definition) is 2. The van der Waals surface area contributed by atoms with Crippen LogP contribution in [0.4, 0.5) is 0 Å². The monoisotopic (exact) mass is 441 g/mol. The number of aromatic amines is 1.